The number of esters is 2. The standard InChI is InChI=1S/C47H80O18P2/c1-3-5-7-8-9-10-11-12-13-14-15-16-17-18-23-27-40(50)61-33-37-34-62-67(59,60)65-47-45(55)44(54)42(52)35(25-22-19-20-24-28-41(51)63-37)29-32-39(49)38(31-30-36(48)26-21-6-4-2)43(53)46(47)64-66(56,57)58/h10-11,19,22,29-32,35-38,42-48,52-55H,3-9,12-18,20-21,23-28,33-34H2,1-2H3,(H,59,60)(H2,56,57,58)/b11-10-,22-19-,31-30+,32-29-/t35-,36-,37+,38-,42+,43+,44-,45+,46+,47-/m0/s1. The van der Waals surface area contributed by atoms with Gasteiger partial charge in [0.1, 0.15) is 31.0 Å². The number of rotatable bonds is 25. The van der Waals surface area contributed by atoms with Crippen molar-refractivity contribution in [3.8, 4) is 0 Å². The molecule has 2 aliphatic rings. The predicted octanol–water partition coefficient (Wildman–Crippen LogP) is 6.90. The molecule has 0 saturated carbocycles. The fourth-order valence-corrected chi connectivity index (χ4v) is 9.22. The minimum atomic E-state index is -5.75. The topological polar surface area (TPSA) is 293 Å². The number of hydrogen-bond acceptors (Lipinski definition) is 15. The van der Waals surface area contributed by atoms with Gasteiger partial charge in [0.05, 0.1) is 30.8 Å². The Morgan fingerprint density at radius 2 is 1.49 bits per heavy atom. The number of cyclic esters (lactones) is 1. The maximum Gasteiger partial charge on any atom is 0.472 e. The molecule has 1 heterocycles. The second kappa shape index (κ2) is 34.0. The summed E-state index contributed by atoms with van der Waals surface area (Å²) >= 11 is 0. The monoisotopic (exact) mass is 994 g/mol. The van der Waals surface area contributed by atoms with Crippen molar-refractivity contribution in [2.45, 2.75) is 204 Å². The van der Waals surface area contributed by atoms with E-state index in [1.165, 1.54) is 37.8 Å². The van der Waals surface area contributed by atoms with Crippen LogP contribution < -0.4 is 0 Å². The van der Waals surface area contributed by atoms with Crippen molar-refractivity contribution in [1.82, 2.24) is 0 Å². The summed E-state index contributed by atoms with van der Waals surface area (Å²) in [4.78, 5) is 70.3. The first-order chi connectivity index (χ1) is 31.9. The van der Waals surface area contributed by atoms with Gasteiger partial charge in [0.15, 0.2) is 11.9 Å². The molecule has 0 aromatic rings. The zero-order valence-corrected chi connectivity index (χ0v) is 41.2. The fourth-order valence-electron chi connectivity index (χ4n) is 7.69. The molecule has 0 spiro atoms. The Bertz CT molecular complexity index is 1630. The molecule has 386 valence electrons. The Hall–Kier alpha value is -2.41. The molecule has 1 unspecified atom stereocenters. The molecule has 18 nitrogen and oxygen atoms in total. The number of hydrogen-bond donors (Lipinski definition) is 8. The summed E-state index contributed by atoms with van der Waals surface area (Å²) in [5, 5.41) is 56.4. The van der Waals surface area contributed by atoms with Gasteiger partial charge >= 0.3 is 27.6 Å². The molecule has 2 rings (SSSR count). The maximum atomic E-state index is 13.8. The van der Waals surface area contributed by atoms with Gasteiger partial charge in [0, 0.05) is 18.8 Å². The molecule has 67 heavy (non-hydrogen) atoms. The van der Waals surface area contributed by atoms with E-state index < -0.39 is 107 Å². The Kier molecular flexibility index (Phi) is 30.8. The van der Waals surface area contributed by atoms with Crippen LogP contribution in [0.1, 0.15) is 155 Å². The van der Waals surface area contributed by atoms with Gasteiger partial charge in [-0.2, -0.15) is 0 Å². The first-order valence-corrected chi connectivity index (χ1v) is 27.3. The average molecular weight is 995 g/mol. The van der Waals surface area contributed by atoms with Crippen molar-refractivity contribution in [2.75, 3.05) is 13.2 Å². The summed E-state index contributed by atoms with van der Waals surface area (Å²) < 4.78 is 52.0. The number of carbonyl (C=O) groups is 3. The molecule has 0 saturated heterocycles. The Labute approximate surface area is 396 Å². The molecular weight excluding hydrogens is 914 g/mol. The number of ketones is 1. The van der Waals surface area contributed by atoms with Crippen LogP contribution in [-0.2, 0) is 46.6 Å². The third-order valence-corrected chi connectivity index (χ3v) is 13.1. The quantitative estimate of drug-likeness (QED) is 0.0200. The van der Waals surface area contributed by atoms with E-state index in [4.69, 9.17) is 23.0 Å². The van der Waals surface area contributed by atoms with Gasteiger partial charge in [0.25, 0.3) is 0 Å². The highest BCUT2D eigenvalue weighted by atomic mass is 31.2. The molecule has 2 bridgehead atoms. The summed E-state index contributed by atoms with van der Waals surface area (Å²) in [7, 11) is -11.4. The summed E-state index contributed by atoms with van der Waals surface area (Å²) in [6, 6.07) is 0. The minimum absolute atomic E-state index is 0.0580. The zero-order chi connectivity index (χ0) is 49.7. The largest absolute Gasteiger partial charge is 0.472 e. The second-order valence-electron chi connectivity index (χ2n) is 17.5. The molecule has 1 aliphatic heterocycles. The lowest BCUT2D eigenvalue weighted by Gasteiger charge is -2.38. The molecule has 11 atom stereocenters. The highest BCUT2D eigenvalue weighted by Crippen LogP contribution is 2.49. The predicted molar refractivity (Wildman–Crippen MR) is 250 cm³/mol. The summed E-state index contributed by atoms with van der Waals surface area (Å²) in [5.74, 6) is -5.28. The molecular formula is C47H80O18P2. The molecule has 0 radical (unpaired) electrons. The average Bonchev–Trinajstić information content (AvgIpc) is 3.28. The van der Waals surface area contributed by atoms with Crippen LogP contribution in [0.15, 0.2) is 48.6 Å². The van der Waals surface area contributed by atoms with Gasteiger partial charge in [-0.25, -0.2) is 9.13 Å². The highest BCUT2D eigenvalue weighted by molar-refractivity contribution is 7.47. The van der Waals surface area contributed by atoms with Crippen LogP contribution in [0.4, 0.5) is 0 Å². The van der Waals surface area contributed by atoms with Crippen molar-refractivity contribution in [1.29, 1.82) is 0 Å². The van der Waals surface area contributed by atoms with Crippen molar-refractivity contribution in [3.05, 3.63) is 48.6 Å². The van der Waals surface area contributed by atoms with Crippen LogP contribution >= 0.6 is 15.6 Å². The van der Waals surface area contributed by atoms with E-state index in [1.807, 2.05) is 6.92 Å². The highest BCUT2D eigenvalue weighted by Gasteiger charge is 2.50. The summed E-state index contributed by atoms with van der Waals surface area (Å²) in [5.41, 5.74) is 0. The number of aliphatic hydroxyl groups is 5. The first kappa shape index (κ1) is 60.7. The number of carbonyl (C=O) groups excluding carboxylic acids is 3. The van der Waals surface area contributed by atoms with Crippen LogP contribution in [0.2, 0.25) is 0 Å². The summed E-state index contributed by atoms with van der Waals surface area (Å²) in [6.45, 7) is 2.59. The molecule has 0 amide bonds. The van der Waals surface area contributed by atoms with Crippen LogP contribution in [0.3, 0.4) is 0 Å². The van der Waals surface area contributed by atoms with E-state index in [2.05, 4.69) is 19.1 Å². The summed E-state index contributed by atoms with van der Waals surface area (Å²) in [6.07, 6.45) is 11.8. The number of aliphatic hydroxyl groups excluding tert-OH is 5. The minimum Gasteiger partial charge on any atom is -0.462 e. The lowest BCUT2D eigenvalue weighted by Crippen LogP contribution is -2.56. The number of phosphoric acid groups is 2. The number of ether oxygens (including phenoxy) is 2. The van der Waals surface area contributed by atoms with Gasteiger partial charge < -0.3 is 49.7 Å². The van der Waals surface area contributed by atoms with Crippen LogP contribution in [0, 0.1) is 11.8 Å². The van der Waals surface area contributed by atoms with Crippen LogP contribution in [0.25, 0.3) is 0 Å². The van der Waals surface area contributed by atoms with E-state index in [-0.39, 0.29) is 32.1 Å². The smallest absolute Gasteiger partial charge is 0.462 e. The van der Waals surface area contributed by atoms with Crippen molar-refractivity contribution in [2.24, 2.45) is 11.8 Å². The van der Waals surface area contributed by atoms with E-state index in [0.29, 0.717) is 19.3 Å². The molecule has 8 N–H and O–H groups in total. The molecule has 20 heteroatoms. The molecule has 0 fully saturated rings. The lowest BCUT2D eigenvalue weighted by atomic mass is 9.87. The third kappa shape index (κ3) is 26.4. The Balaban J connectivity index is 2.27. The fraction of sp³-hybridized carbons (Fsp3) is 0.766. The first-order valence-electron chi connectivity index (χ1n) is 24.2. The molecule has 0 aromatic carbocycles. The van der Waals surface area contributed by atoms with Crippen LogP contribution in [0.5, 0.6) is 0 Å². The van der Waals surface area contributed by atoms with Crippen molar-refractivity contribution < 1.29 is 86.8 Å². The number of allylic oxidation sites excluding steroid dienone is 5. The third-order valence-electron chi connectivity index (χ3n) is 11.6. The van der Waals surface area contributed by atoms with Gasteiger partial charge in [-0.1, -0.05) is 127 Å². The van der Waals surface area contributed by atoms with Crippen molar-refractivity contribution >= 4 is 33.4 Å². The zero-order valence-electron chi connectivity index (χ0n) is 39.4. The number of fused-ring (bicyclic) bond motifs is 4. The second-order valence-corrected chi connectivity index (χ2v) is 20.1. The van der Waals surface area contributed by atoms with Crippen molar-refractivity contribution in [3.63, 3.8) is 0 Å². The number of unbranched alkanes of at least 4 members (excludes halogenated alkanes) is 13. The van der Waals surface area contributed by atoms with E-state index in [1.54, 1.807) is 12.2 Å². The maximum absolute atomic E-state index is 13.8. The van der Waals surface area contributed by atoms with Gasteiger partial charge in [-0.3, -0.25) is 28.0 Å². The lowest BCUT2D eigenvalue weighted by molar-refractivity contribution is -0.163. The van der Waals surface area contributed by atoms with E-state index in [9.17, 15) is 63.7 Å². The van der Waals surface area contributed by atoms with Crippen LogP contribution in [-0.4, -0.2) is 120 Å². The van der Waals surface area contributed by atoms with E-state index >= 15 is 0 Å². The number of phosphoric ester groups is 2. The van der Waals surface area contributed by atoms with Gasteiger partial charge in [-0.15, -0.1) is 0 Å². The molecule has 1 aliphatic carbocycles. The Morgan fingerprint density at radius 3 is 2.15 bits per heavy atom. The molecule has 0 aromatic heterocycles. The van der Waals surface area contributed by atoms with E-state index in [0.717, 1.165) is 76.4 Å². The normalized spacial score (nSPS) is 30.1. The van der Waals surface area contributed by atoms with Gasteiger partial charge in [-0.05, 0) is 63.9 Å². The van der Waals surface area contributed by atoms with Gasteiger partial charge in [0.2, 0.25) is 0 Å². The SMILES string of the molecule is CCCCCC/C=C\CCCCCCCCCC(=O)OC[C@@H]1COP(=O)(O)O[C@H]2[C@H](O)[C@@H](O)[C@H](O)[C@H](/C=C\C(=O)[C@H](/C=C/[C@@H](O)CCCCC)[C@@H](O)[C@H]2OP(=O)(O)O)C/C=C\CCCC(=O)O1. The Morgan fingerprint density at radius 1 is 0.866 bits per heavy atom.